The number of anilines is 1. The molecule has 6 nitrogen and oxygen atoms in total. The van der Waals surface area contributed by atoms with Gasteiger partial charge in [-0.1, -0.05) is 0 Å². The number of carbonyl (C=O) groups excluding carboxylic acids is 1. The Morgan fingerprint density at radius 2 is 2.28 bits per heavy atom. The molecule has 0 aliphatic carbocycles. The summed E-state index contributed by atoms with van der Waals surface area (Å²) in [5.74, 6) is -0.134. The van der Waals surface area contributed by atoms with Crippen LogP contribution in [0, 0.1) is 10.1 Å². The first kappa shape index (κ1) is 12.8. The number of aliphatic hydroxyl groups excluding tert-OH is 1. The van der Waals surface area contributed by atoms with Gasteiger partial charge >= 0.3 is 0 Å². The summed E-state index contributed by atoms with van der Waals surface area (Å²) in [6.07, 6.45) is 0.302. The molecule has 1 aliphatic rings. The zero-order valence-electron chi connectivity index (χ0n) is 9.44. The molecular weight excluding hydrogens is 256 g/mol. The molecule has 1 saturated heterocycles. The van der Waals surface area contributed by atoms with Crippen molar-refractivity contribution in [3.8, 4) is 0 Å². The Kier molecular flexibility index (Phi) is 3.53. The maximum absolute atomic E-state index is 11.8. The molecule has 0 radical (unpaired) electrons. The summed E-state index contributed by atoms with van der Waals surface area (Å²) in [6, 6.07) is 4.09. The van der Waals surface area contributed by atoms with Crippen molar-refractivity contribution in [2.24, 2.45) is 0 Å². The molecule has 18 heavy (non-hydrogen) atoms. The number of benzene rings is 1. The maximum Gasteiger partial charge on any atom is 0.271 e. The molecule has 0 spiro atoms. The Hall–Kier alpha value is -1.60. The second-order valence-electron chi connectivity index (χ2n) is 4.09. The molecule has 1 atom stereocenters. The molecule has 1 N–H and O–H groups in total. The lowest BCUT2D eigenvalue weighted by molar-refractivity contribution is -0.384. The third kappa shape index (κ3) is 2.32. The molecule has 1 heterocycles. The fourth-order valence-corrected chi connectivity index (χ4v) is 2.29. The lowest BCUT2D eigenvalue weighted by Gasteiger charge is -2.18. The topological polar surface area (TPSA) is 83.7 Å². The molecule has 1 unspecified atom stereocenters. The van der Waals surface area contributed by atoms with Crippen LogP contribution < -0.4 is 4.90 Å². The van der Waals surface area contributed by atoms with Crippen LogP contribution in [0.5, 0.6) is 0 Å². The average molecular weight is 268 g/mol. The van der Waals surface area contributed by atoms with Crippen molar-refractivity contribution in [1.29, 1.82) is 0 Å². The molecule has 0 saturated carbocycles. The SMILES string of the molecule is O=C1CC(S)CN1c1cc([N+](=O)[O-])ccc1CO. The van der Waals surface area contributed by atoms with Gasteiger partial charge in [-0.15, -0.1) is 0 Å². The first-order valence-electron chi connectivity index (χ1n) is 5.39. The standard InChI is InChI=1S/C11H12N2O4S/c14-6-7-1-2-8(13(16)17)3-10(7)12-5-9(18)4-11(12)15/h1-3,9,14,18H,4-6H2. The molecule has 1 fully saturated rings. The Balaban J connectivity index is 2.44. The third-order valence-electron chi connectivity index (χ3n) is 2.85. The fraction of sp³-hybridized carbons (Fsp3) is 0.364. The van der Waals surface area contributed by atoms with Gasteiger partial charge in [-0.25, -0.2) is 0 Å². The predicted molar refractivity (Wildman–Crippen MR) is 68.8 cm³/mol. The van der Waals surface area contributed by atoms with Gasteiger partial charge in [0.05, 0.1) is 17.2 Å². The van der Waals surface area contributed by atoms with Crippen LogP contribution in [0.2, 0.25) is 0 Å². The van der Waals surface area contributed by atoms with Crippen molar-refractivity contribution < 1.29 is 14.8 Å². The Labute approximate surface area is 109 Å². The number of rotatable bonds is 3. The fourth-order valence-electron chi connectivity index (χ4n) is 1.97. The Bertz CT molecular complexity index is 506. The van der Waals surface area contributed by atoms with E-state index in [9.17, 15) is 20.0 Å². The molecule has 96 valence electrons. The number of nitrogens with zero attached hydrogens (tertiary/aromatic N) is 2. The minimum Gasteiger partial charge on any atom is -0.392 e. The number of carbonyl (C=O) groups is 1. The van der Waals surface area contributed by atoms with Crippen LogP contribution in [0.3, 0.4) is 0 Å². The van der Waals surface area contributed by atoms with Crippen LogP contribution in [0.1, 0.15) is 12.0 Å². The van der Waals surface area contributed by atoms with E-state index in [1.165, 1.54) is 23.1 Å². The molecule has 7 heteroatoms. The predicted octanol–water partition coefficient (Wildman–Crippen LogP) is 1.12. The number of amides is 1. The number of aliphatic hydroxyl groups is 1. The van der Waals surface area contributed by atoms with Crippen LogP contribution in [0.25, 0.3) is 0 Å². The number of hydrogen-bond donors (Lipinski definition) is 2. The van der Waals surface area contributed by atoms with E-state index in [-0.39, 0.29) is 23.5 Å². The molecular formula is C11H12N2O4S. The van der Waals surface area contributed by atoms with Gasteiger partial charge in [0, 0.05) is 35.9 Å². The molecule has 1 aromatic carbocycles. The number of nitro benzene ring substituents is 1. The quantitative estimate of drug-likeness (QED) is 0.489. The highest BCUT2D eigenvalue weighted by atomic mass is 32.1. The summed E-state index contributed by atoms with van der Waals surface area (Å²) >= 11 is 4.23. The highest BCUT2D eigenvalue weighted by molar-refractivity contribution is 7.81. The first-order valence-corrected chi connectivity index (χ1v) is 5.91. The largest absolute Gasteiger partial charge is 0.392 e. The number of non-ortho nitro benzene ring substituents is 1. The van der Waals surface area contributed by atoms with E-state index in [4.69, 9.17) is 0 Å². The third-order valence-corrected chi connectivity index (χ3v) is 3.19. The van der Waals surface area contributed by atoms with Gasteiger partial charge in [-0.05, 0) is 6.07 Å². The van der Waals surface area contributed by atoms with E-state index in [2.05, 4.69) is 12.6 Å². The van der Waals surface area contributed by atoms with E-state index >= 15 is 0 Å². The summed E-state index contributed by atoms with van der Waals surface area (Å²) in [5, 5.41) is 19.9. The van der Waals surface area contributed by atoms with Gasteiger partial charge in [0.2, 0.25) is 5.91 Å². The first-order chi connectivity index (χ1) is 8.52. The number of hydrogen-bond acceptors (Lipinski definition) is 5. The van der Waals surface area contributed by atoms with Crippen LogP contribution >= 0.6 is 12.6 Å². The second kappa shape index (κ2) is 4.95. The van der Waals surface area contributed by atoms with Crippen molar-refractivity contribution >= 4 is 29.9 Å². The summed E-state index contributed by atoms with van der Waals surface area (Å²) < 4.78 is 0. The van der Waals surface area contributed by atoms with Crippen molar-refractivity contribution in [3.63, 3.8) is 0 Å². The van der Waals surface area contributed by atoms with Crippen molar-refractivity contribution in [1.82, 2.24) is 0 Å². The molecule has 1 amide bonds. The zero-order valence-corrected chi connectivity index (χ0v) is 10.3. The summed E-state index contributed by atoms with van der Waals surface area (Å²) in [6.45, 7) is 0.129. The minimum absolute atomic E-state index is 0.0803. The molecule has 1 aromatic rings. The highest BCUT2D eigenvalue weighted by Gasteiger charge is 2.30. The Morgan fingerprint density at radius 3 is 2.78 bits per heavy atom. The van der Waals surface area contributed by atoms with Gasteiger partial charge < -0.3 is 10.0 Å². The molecule has 0 bridgehead atoms. The van der Waals surface area contributed by atoms with Crippen LogP contribution in [-0.4, -0.2) is 27.7 Å². The summed E-state index contributed by atoms with van der Waals surface area (Å²) in [5.41, 5.74) is 0.794. The van der Waals surface area contributed by atoms with E-state index in [1.54, 1.807) is 0 Å². The van der Waals surface area contributed by atoms with Crippen molar-refractivity contribution in [2.75, 3.05) is 11.4 Å². The molecule has 1 aliphatic heterocycles. The van der Waals surface area contributed by atoms with Gasteiger partial charge in [0.1, 0.15) is 0 Å². The van der Waals surface area contributed by atoms with Gasteiger partial charge in [0.15, 0.2) is 0 Å². The maximum atomic E-state index is 11.8. The summed E-state index contributed by atoms with van der Waals surface area (Å²) in [4.78, 5) is 23.4. The van der Waals surface area contributed by atoms with Gasteiger partial charge in [0.25, 0.3) is 5.69 Å². The normalized spacial score (nSPS) is 19.3. The van der Waals surface area contributed by atoms with Crippen LogP contribution in [0.4, 0.5) is 11.4 Å². The lowest BCUT2D eigenvalue weighted by Crippen LogP contribution is -2.25. The van der Waals surface area contributed by atoms with E-state index in [0.717, 1.165) is 0 Å². The highest BCUT2D eigenvalue weighted by Crippen LogP contribution is 2.30. The smallest absolute Gasteiger partial charge is 0.271 e. The van der Waals surface area contributed by atoms with Crippen molar-refractivity contribution in [3.05, 3.63) is 33.9 Å². The monoisotopic (exact) mass is 268 g/mol. The van der Waals surface area contributed by atoms with Crippen LogP contribution in [-0.2, 0) is 11.4 Å². The van der Waals surface area contributed by atoms with Crippen molar-refractivity contribution in [2.45, 2.75) is 18.3 Å². The van der Waals surface area contributed by atoms with E-state index < -0.39 is 4.92 Å². The number of nitro groups is 1. The molecule has 0 aromatic heterocycles. The van der Waals surface area contributed by atoms with Gasteiger partial charge in [-0.3, -0.25) is 14.9 Å². The molecule has 2 rings (SSSR count). The zero-order chi connectivity index (χ0) is 13.3. The second-order valence-corrected chi connectivity index (χ2v) is 4.82. The van der Waals surface area contributed by atoms with Crippen LogP contribution in [0.15, 0.2) is 18.2 Å². The average Bonchev–Trinajstić information content (AvgIpc) is 2.67. The van der Waals surface area contributed by atoms with E-state index in [1.807, 2.05) is 0 Å². The number of thiol groups is 1. The Morgan fingerprint density at radius 1 is 1.56 bits per heavy atom. The minimum atomic E-state index is -0.524. The van der Waals surface area contributed by atoms with Gasteiger partial charge in [-0.2, -0.15) is 12.6 Å². The van der Waals surface area contributed by atoms with E-state index in [0.29, 0.717) is 24.2 Å². The lowest BCUT2D eigenvalue weighted by atomic mass is 10.1. The summed E-state index contributed by atoms with van der Waals surface area (Å²) in [7, 11) is 0.